The highest BCUT2D eigenvalue weighted by atomic mass is 16.6. The molecule has 8 nitrogen and oxygen atoms in total. The Labute approximate surface area is 115 Å². The fourth-order valence-electron chi connectivity index (χ4n) is 2.47. The van der Waals surface area contributed by atoms with Gasteiger partial charge in [0.25, 0.3) is 5.56 Å². The molecule has 1 aromatic rings. The van der Waals surface area contributed by atoms with Gasteiger partial charge in [-0.25, -0.2) is 4.79 Å². The van der Waals surface area contributed by atoms with E-state index in [9.17, 15) is 14.7 Å². The van der Waals surface area contributed by atoms with Gasteiger partial charge in [0.1, 0.15) is 12.2 Å². The van der Waals surface area contributed by atoms with Crippen LogP contribution in [0.2, 0.25) is 0 Å². The summed E-state index contributed by atoms with van der Waals surface area (Å²) in [7, 11) is 4.76. The molecule has 0 spiro atoms. The van der Waals surface area contributed by atoms with Crippen molar-refractivity contribution >= 4 is 0 Å². The van der Waals surface area contributed by atoms with Crippen molar-refractivity contribution in [2.45, 2.75) is 24.4 Å². The molecule has 2 heterocycles. The molecule has 20 heavy (non-hydrogen) atoms. The van der Waals surface area contributed by atoms with Gasteiger partial charge in [-0.1, -0.05) is 0 Å². The molecule has 3 N–H and O–H groups in total. The number of ether oxygens (including phenoxy) is 2. The van der Waals surface area contributed by atoms with E-state index in [-0.39, 0.29) is 17.7 Å². The number of nitrogens with one attached hydrogen (secondary N) is 2. The van der Waals surface area contributed by atoms with Gasteiger partial charge in [-0.15, -0.1) is 0 Å². The lowest BCUT2D eigenvalue weighted by atomic mass is 10.0. The average Bonchev–Trinajstić information content (AvgIpc) is 2.71. The van der Waals surface area contributed by atoms with E-state index in [1.807, 2.05) is 0 Å². The maximum absolute atomic E-state index is 11.9. The van der Waals surface area contributed by atoms with Gasteiger partial charge >= 0.3 is 5.69 Å². The van der Waals surface area contributed by atoms with Crippen LogP contribution in [0.4, 0.5) is 0 Å². The third kappa shape index (κ3) is 2.55. The summed E-state index contributed by atoms with van der Waals surface area (Å²) < 4.78 is 12.0. The smallest absolute Gasteiger partial charge is 0.328 e. The second kappa shape index (κ2) is 5.88. The summed E-state index contributed by atoms with van der Waals surface area (Å²) >= 11 is 0. The van der Waals surface area contributed by atoms with Crippen molar-refractivity contribution in [3.8, 4) is 0 Å². The standard InChI is InChI=1S/C12H19N3O5/c1-13-8-7(5-19-3)20-10(9(8)16)6-4-15(2)12(18)14-11(6)17/h4,7-10,13,16H,5H2,1-3H3,(H,14,17,18)/t7-,8?,9+,10+/m1/s1. The lowest BCUT2D eigenvalue weighted by Gasteiger charge is -2.18. The van der Waals surface area contributed by atoms with E-state index >= 15 is 0 Å². The van der Waals surface area contributed by atoms with Crippen molar-refractivity contribution < 1.29 is 14.6 Å². The van der Waals surface area contributed by atoms with E-state index in [1.165, 1.54) is 24.9 Å². The highest BCUT2D eigenvalue weighted by Crippen LogP contribution is 2.31. The van der Waals surface area contributed by atoms with Gasteiger partial charge in [-0.3, -0.25) is 9.78 Å². The van der Waals surface area contributed by atoms with E-state index in [1.54, 1.807) is 7.05 Å². The molecule has 1 unspecified atom stereocenters. The number of rotatable bonds is 4. The molecular formula is C12H19N3O5. The molecule has 1 aliphatic rings. The lowest BCUT2D eigenvalue weighted by molar-refractivity contribution is -0.0216. The van der Waals surface area contributed by atoms with Crippen LogP contribution in [0.5, 0.6) is 0 Å². The number of likely N-dealkylation sites (N-methyl/N-ethyl adjacent to an activating group) is 1. The van der Waals surface area contributed by atoms with Gasteiger partial charge in [0.05, 0.1) is 24.3 Å². The van der Waals surface area contributed by atoms with Crippen LogP contribution in [0.15, 0.2) is 15.8 Å². The Balaban J connectivity index is 2.36. The van der Waals surface area contributed by atoms with Crippen LogP contribution in [0, 0.1) is 0 Å². The predicted molar refractivity (Wildman–Crippen MR) is 70.6 cm³/mol. The summed E-state index contributed by atoms with van der Waals surface area (Å²) in [5.41, 5.74) is -0.839. The third-order valence-corrected chi connectivity index (χ3v) is 3.51. The van der Waals surface area contributed by atoms with Crippen LogP contribution >= 0.6 is 0 Å². The summed E-state index contributed by atoms with van der Waals surface area (Å²) in [6.45, 7) is 0.294. The van der Waals surface area contributed by atoms with E-state index in [2.05, 4.69) is 10.3 Å². The van der Waals surface area contributed by atoms with Gasteiger partial charge in [-0.05, 0) is 7.05 Å². The zero-order valence-corrected chi connectivity index (χ0v) is 11.6. The Morgan fingerprint density at radius 3 is 2.85 bits per heavy atom. The summed E-state index contributed by atoms with van der Waals surface area (Å²) in [6, 6.07) is -0.350. The Morgan fingerprint density at radius 2 is 2.25 bits per heavy atom. The van der Waals surface area contributed by atoms with Gasteiger partial charge in [0, 0.05) is 20.4 Å². The molecule has 0 bridgehead atoms. The van der Waals surface area contributed by atoms with E-state index in [0.29, 0.717) is 6.61 Å². The van der Waals surface area contributed by atoms with Gasteiger partial charge in [0.15, 0.2) is 0 Å². The summed E-state index contributed by atoms with van der Waals surface area (Å²) in [5.74, 6) is 0. The van der Waals surface area contributed by atoms with Crippen molar-refractivity contribution in [3.05, 3.63) is 32.6 Å². The molecule has 1 fully saturated rings. The maximum atomic E-state index is 11.9. The van der Waals surface area contributed by atoms with E-state index in [4.69, 9.17) is 9.47 Å². The molecular weight excluding hydrogens is 266 g/mol. The number of methoxy groups -OCH3 is 1. The van der Waals surface area contributed by atoms with Crippen LogP contribution in [0.1, 0.15) is 11.7 Å². The Hall–Kier alpha value is -1.48. The van der Waals surface area contributed by atoms with Crippen LogP contribution in [0.3, 0.4) is 0 Å². The minimum atomic E-state index is -0.904. The zero-order chi connectivity index (χ0) is 14.9. The molecule has 8 heteroatoms. The molecule has 2 rings (SSSR count). The van der Waals surface area contributed by atoms with Crippen molar-refractivity contribution in [2.75, 3.05) is 20.8 Å². The van der Waals surface area contributed by atoms with Gasteiger partial charge < -0.3 is 24.5 Å². The fourth-order valence-corrected chi connectivity index (χ4v) is 2.47. The Bertz CT molecular complexity index is 581. The fraction of sp³-hybridized carbons (Fsp3) is 0.667. The topological polar surface area (TPSA) is 106 Å². The first-order chi connectivity index (χ1) is 9.49. The molecule has 1 saturated heterocycles. The molecule has 0 saturated carbocycles. The van der Waals surface area contributed by atoms with Crippen LogP contribution < -0.4 is 16.6 Å². The van der Waals surface area contributed by atoms with Crippen molar-refractivity contribution in [3.63, 3.8) is 0 Å². The number of aliphatic hydroxyl groups is 1. The highest BCUT2D eigenvalue weighted by molar-refractivity contribution is 5.15. The number of nitrogens with zero attached hydrogens (tertiary/aromatic N) is 1. The molecule has 1 aromatic heterocycles. The van der Waals surface area contributed by atoms with Crippen LogP contribution in [0.25, 0.3) is 0 Å². The number of aliphatic hydroxyl groups excluding tert-OH is 1. The van der Waals surface area contributed by atoms with Gasteiger partial charge in [-0.2, -0.15) is 0 Å². The first-order valence-electron chi connectivity index (χ1n) is 6.29. The third-order valence-electron chi connectivity index (χ3n) is 3.51. The Kier molecular flexibility index (Phi) is 4.39. The monoisotopic (exact) mass is 285 g/mol. The summed E-state index contributed by atoms with van der Waals surface area (Å²) in [4.78, 5) is 25.4. The van der Waals surface area contributed by atoms with E-state index in [0.717, 1.165) is 0 Å². The predicted octanol–water partition coefficient (Wildman–Crippen LogP) is -1.89. The second-order valence-electron chi connectivity index (χ2n) is 4.81. The first kappa shape index (κ1) is 14.9. The second-order valence-corrected chi connectivity index (χ2v) is 4.81. The van der Waals surface area contributed by atoms with Crippen molar-refractivity contribution in [1.82, 2.24) is 14.9 Å². The lowest BCUT2D eigenvalue weighted by Crippen LogP contribution is -2.44. The SMILES string of the molecule is CNC1[C@@H](COC)O[C@@H](c2cn(C)c(=O)[nH]c2=O)[C@H]1O. The normalized spacial score (nSPS) is 29.8. The molecule has 4 atom stereocenters. The molecule has 0 amide bonds. The number of hydrogen-bond acceptors (Lipinski definition) is 6. The zero-order valence-electron chi connectivity index (χ0n) is 11.6. The minimum Gasteiger partial charge on any atom is -0.388 e. The van der Waals surface area contributed by atoms with E-state index < -0.39 is 23.5 Å². The molecule has 1 aliphatic heterocycles. The molecule has 0 radical (unpaired) electrons. The van der Waals surface area contributed by atoms with Crippen molar-refractivity contribution in [1.29, 1.82) is 0 Å². The quantitative estimate of drug-likeness (QED) is 0.597. The Morgan fingerprint density at radius 1 is 1.55 bits per heavy atom. The molecule has 0 aromatic carbocycles. The number of aryl methyl sites for hydroxylation is 1. The average molecular weight is 285 g/mol. The van der Waals surface area contributed by atoms with Crippen molar-refractivity contribution in [2.24, 2.45) is 7.05 Å². The highest BCUT2D eigenvalue weighted by Gasteiger charge is 2.44. The number of hydrogen-bond donors (Lipinski definition) is 3. The molecule has 112 valence electrons. The first-order valence-corrected chi connectivity index (χ1v) is 6.29. The van der Waals surface area contributed by atoms with Crippen LogP contribution in [-0.2, 0) is 16.5 Å². The number of aromatic nitrogens is 2. The summed E-state index contributed by atoms with van der Waals surface area (Å²) in [6.07, 6.45) is -0.694. The van der Waals surface area contributed by atoms with Gasteiger partial charge in [0.2, 0.25) is 0 Å². The number of aromatic amines is 1. The largest absolute Gasteiger partial charge is 0.388 e. The van der Waals surface area contributed by atoms with Crippen LogP contribution in [-0.4, -0.2) is 53.7 Å². The minimum absolute atomic E-state index is 0.221. The maximum Gasteiger partial charge on any atom is 0.328 e. The summed E-state index contributed by atoms with van der Waals surface area (Å²) in [5, 5.41) is 13.3. The number of H-pyrrole nitrogens is 1. The molecule has 0 aliphatic carbocycles.